The average Bonchev–Trinajstić information content (AvgIpc) is 3.49. The minimum atomic E-state index is -1.20. The number of fused-ring (bicyclic) bond motifs is 1. The van der Waals surface area contributed by atoms with Crippen LogP contribution in [0.4, 0.5) is 5.69 Å². The van der Waals surface area contributed by atoms with Gasteiger partial charge in [0.05, 0.1) is 12.3 Å². The van der Waals surface area contributed by atoms with E-state index in [1.54, 1.807) is 13.3 Å². The summed E-state index contributed by atoms with van der Waals surface area (Å²) >= 11 is 0.205. The fourth-order valence-electron chi connectivity index (χ4n) is 3.26. The van der Waals surface area contributed by atoms with E-state index in [1.165, 1.54) is 16.9 Å². The van der Waals surface area contributed by atoms with Crippen molar-refractivity contribution in [1.29, 1.82) is 5.41 Å². The number of nitrogen functional groups attached to an aromatic ring is 1. The van der Waals surface area contributed by atoms with Gasteiger partial charge in [-0.2, -0.15) is 0 Å². The van der Waals surface area contributed by atoms with Crippen molar-refractivity contribution < 1.29 is 9.29 Å². The summed E-state index contributed by atoms with van der Waals surface area (Å²) in [4.78, 5) is 9.83. The first-order valence-corrected chi connectivity index (χ1v) is 11.3. The molecule has 28 heavy (non-hydrogen) atoms. The SMILES string of the molecule is C/C=C1/C=C(c2cc(C3CC3)c3c(N)c([S+]([O-])CCOC)sc3n2)C=NC1=N. The minimum Gasteiger partial charge on any atom is -0.611 e. The number of aromatic nitrogens is 1. The lowest BCUT2D eigenvalue weighted by atomic mass is 10.0. The molecule has 0 radical (unpaired) electrons. The number of anilines is 1. The first-order valence-electron chi connectivity index (χ1n) is 9.15. The number of nitrogens with two attached hydrogens (primary N) is 1. The van der Waals surface area contributed by atoms with Gasteiger partial charge in [-0.1, -0.05) is 17.4 Å². The van der Waals surface area contributed by atoms with Gasteiger partial charge in [0.25, 0.3) is 0 Å². The van der Waals surface area contributed by atoms with Crippen LogP contribution in [0.25, 0.3) is 15.8 Å². The second-order valence-corrected chi connectivity index (χ2v) is 9.61. The highest BCUT2D eigenvalue weighted by molar-refractivity contribution is 7.93. The van der Waals surface area contributed by atoms with E-state index in [2.05, 4.69) is 11.1 Å². The Hall–Kier alpha value is -2.00. The van der Waals surface area contributed by atoms with Crippen LogP contribution in [0.1, 0.15) is 36.9 Å². The maximum absolute atomic E-state index is 12.7. The summed E-state index contributed by atoms with van der Waals surface area (Å²) in [5.41, 5.74) is 10.7. The van der Waals surface area contributed by atoms with Crippen molar-refractivity contribution in [1.82, 2.24) is 4.98 Å². The normalized spacial score (nSPS) is 19.5. The Balaban J connectivity index is 1.83. The molecule has 1 fully saturated rings. The molecule has 0 spiro atoms. The lowest BCUT2D eigenvalue weighted by Crippen LogP contribution is -2.11. The fraction of sp³-hybridized carbons (Fsp3) is 0.350. The van der Waals surface area contributed by atoms with Crippen molar-refractivity contribution >= 4 is 56.0 Å². The van der Waals surface area contributed by atoms with Crippen LogP contribution < -0.4 is 5.73 Å². The van der Waals surface area contributed by atoms with Gasteiger partial charge in [0, 0.05) is 41.0 Å². The quantitative estimate of drug-likeness (QED) is 0.699. The Kier molecular flexibility index (Phi) is 5.37. The number of aliphatic imine (C=N–C) groups is 1. The first-order chi connectivity index (χ1) is 13.5. The molecule has 3 N–H and O–H groups in total. The average molecular weight is 415 g/mol. The van der Waals surface area contributed by atoms with E-state index in [0.717, 1.165) is 39.9 Å². The predicted octanol–water partition coefficient (Wildman–Crippen LogP) is 3.90. The molecule has 1 saturated carbocycles. The molecule has 146 valence electrons. The maximum atomic E-state index is 12.7. The Morgan fingerprint density at radius 1 is 1.46 bits per heavy atom. The number of thiophene rings is 1. The van der Waals surface area contributed by atoms with Crippen LogP contribution in [-0.2, 0) is 15.9 Å². The summed E-state index contributed by atoms with van der Waals surface area (Å²) in [6, 6.07) is 2.09. The number of dihydropyridines is 1. The molecule has 1 aliphatic heterocycles. The molecule has 2 aromatic heterocycles. The Morgan fingerprint density at radius 3 is 2.93 bits per heavy atom. The zero-order chi connectivity index (χ0) is 19.8. The molecule has 8 heteroatoms. The molecule has 0 bridgehead atoms. The summed E-state index contributed by atoms with van der Waals surface area (Å²) in [6.45, 7) is 2.32. The summed E-state index contributed by atoms with van der Waals surface area (Å²) in [6.07, 6.45) is 7.77. The van der Waals surface area contributed by atoms with Gasteiger partial charge < -0.3 is 15.0 Å². The van der Waals surface area contributed by atoms with Gasteiger partial charge in [0.15, 0.2) is 5.84 Å². The largest absolute Gasteiger partial charge is 0.611 e. The number of ether oxygens (including phenoxy) is 1. The van der Waals surface area contributed by atoms with Crippen LogP contribution in [0.3, 0.4) is 0 Å². The number of nitrogens with zero attached hydrogens (tertiary/aromatic N) is 2. The zero-order valence-corrected chi connectivity index (χ0v) is 17.5. The van der Waals surface area contributed by atoms with E-state index in [1.807, 2.05) is 19.1 Å². The Labute approximate surface area is 170 Å². The third-order valence-corrected chi connectivity index (χ3v) is 7.79. The highest BCUT2D eigenvalue weighted by Crippen LogP contribution is 2.48. The van der Waals surface area contributed by atoms with Crippen molar-refractivity contribution in [2.75, 3.05) is 25.2 Å². The number of rotatable bonds is 6. The number of allylic oxidation sites excluding steroid dienone is 2. The van der Waals surface area contributed by atoms with Crippen molar-refractivity contribution in [2.24, 2.45) is 4.99 Å². The smallest absolute Gasteiger partial charge is 0.232 e. The van der Waals surface area contributed by atoms with E-state index in [0.29, 0.717) is 28.2 Å². The molecule has 1 aliphatic carbocycles. The van der Waals surface area contributed by atoms with Crippen LogP contribution in [0.5, 0.6) is 0 Å². The first kappa shape index (κ1) is 19.3. The van der Waals surface area contributed by atoms with Crippen LogP contribution >= 0.6 is 11.3 Å². The molecule has 3 heterocycles. The molecule has 4 rings (SSSR count). The molecular weight excluding hydrogens is 392 g/mol. The Bertz CT molecular complexity index is 1030. The van der Waals surface area contributed by atoms with Crippen LogP contribution in [0, 0.1) is 5.41 Å². The molecule has 1 unspecified atom stereocenters. The van der Waals surface area contributed by atoms with Crippen molar-refractivity contribution in [3.63, 3.8) is 0 Å². The van der Waals surface area contributed by atoms with E-state index in [-0.39, 0.29) is 5.84 Å². The van der Waals surface area contributed by atoms with Gasteiger partial charge in [-0.3, -0.25) is 5.41 Å². The topological polar surface area (TPSA) is 107 Å². The zero-order valence-electron chi connectivity index (χ0n) is 15.8. The van der Waals surface area contributed by atoms with Gasteiger partial charge in [-0.05, 0) is 43.4 Å². The van der Waals surface area contributed by atoms with E-state index < -0.39 is 11.2 Å². The summed E-state index contributed by atoms with van der Waals surface area (Å²) in [7, 11) is 1.60. The van der Waals surface area contributed by atoms with Crippen LogP contribution in [-0.4, -0.2) is 41.1 Å². The van der Waals surface area contributed by atoms with E-state index in [4.69, 9.17) is 20.9 Å². The number of hydrogen-bond donors (Lipinski definition) is 2. The summed E-state index contributed by atoms with van der Waals surface area (Å²) in [5.74, 6) is 1.15. The van der Waals surface area contributed by atoms with Gasteiger partial charge in [-0.15, -0.1) is 0 Å². The van der Waals surface area contributed by atoms with Gasteiger partial charge >= 0.3 is 0 Å². The Morgan fingerprint density at radius 2 is 2.25 bits per heavy atom. The van der Waals surface area contributed by atoms with E-state index >= 15 is 0 Å². The van der Waals surface area contributed by atoms with Gasteiger partial charge in [-0.25, -0.2) is 9.98 Å². The molecule has 6 nitrogen and oxygen atoms in total. The molecule has 0 amide bonds. The van der Waals surface area contributed by atoms with Crippen molar-refractivity contribution in [2.45, 2.75) is 29.9 Å². The molecule has 2 aromatic rings. The number of amidine groups is 1. The molecule has 2 aliphatic rings. The van der Waals surface area contributed by atoms with E-state index in [9.17, 15) is 4.55 Å². The lowest BCUT2D eigenvalue weighted by molar-refractivity contribution is 0.217. The molecule has 1 atom stereocenters. The summed E-state index contributed by atoms with van der Waals surface area (Å²) in [5, 5.41) is 8.84. The van der Waals surface area contributed by atoms with Gasteiger partial charge in [0.1, 0.15) is 16.3 Å². The lowest BCUT2D eigenvalue weighted by Gasteiger charge is -2.11. The highest BCUT2D eigenvalue weighted by Gasteiger charge is 2.31. The van der Waals surface area contributed by atoms with Crippen LogP contribution in [0.15, 0.2) is 33.0 Å². The second kappa shape index (κ2) is 7.79. The van der Waals surface area contributed by atoms with Gasteiger partial charge in [0.2, 0.25) is 4.21 Å². The second-order valence-electron chi connectivity index (χ2n) is 6.85. The third kappa shape index (κ3) is 3.53. The minimum absolute atomic E-state index is 0.255. The monoisotopic (exact) mass is 414 g/mol. The number of methoxy groups -OCH3 is 1. The van der Waals surface area contributed by atoms with Crippen molar-refractivity contribution in [3.8, 4) is 0 Å². The maximum Gasteiger partial charge on any atom is 0.232 e. The molecular formula is C20H22N4O2S2. The van der Waals surface area contributed by atoms with Crippen LogP contribution in [0.2, 0.25) is 0 Å². The standard InChI is InChI=1S/C20H22N4O2S2/c1-3-11-8-13(10-23-18(11)22)15-9-14(12-4-5-12)16-17(21)20(27-19(16)24-15)28(25)7-6-26-2/h3,8-10,12,22H,4-7,21H2,1-2H3/b11-3-,22-18?. The number of hydrogen-bond acceptors (Lipinski definition) is 6. The highest BCUT2D eigenvalue weighted by atomic mass is 32.2. The summed E-state index contributed by atoms with van der Waals surface area (Å²) < 4.78 is 18.4. The number of nitrogens with one attached hydrogen (secondary N) is 1. The fourth-order valence-corrected chi connectivity index (χ4v) is 5.83. The number of pyridine rings is 1. The third-order valence-electron chi connectivity index (χ3n) is 4.92. The predicted molar refractivity (Wildman–Crippen MR) is 117 cm³/mol. The van der Waals surface area contributed by atoms with Crippen molar-refractivity contribution in [3.05, 3.63) is 35.0 Å². The molecule has 0 saturated heterocycles. The molecule has 0 aromatic carbocycles.